The van der Waals surface area contributed by atoms with Crippen LogP contribution in [0.15, 0.2) is 0 Å². The Morgan fingerprint density at radius 1 is 0.739 bits per heavy atom. The highest BCUT2D eigenvalue weighted by atomic mass is 35.5. The maximum absolute atomic E-state index is 10.9. The molecule has 0 spiro atoms. The molecular weight excluding hydrogens is 371 g/mol. The average molecular weight is 381 g/mol. The van der Waals surface area contributed by atoms with E-state index < -0.39 is 49.6 Å². The summed E-state index contributed by atoms with van der Waals surface area (Å²) in [7, 11) is 0. The lowest BCUT2D eigenvalue weighted by Crippen LogP contribution is -2.56. The van der Waals surface area contributed by atoms with Gasteiger partial charge in [0.2, 0.25) is 5.79 Å². The van der Waals surface area contributed by atoms with Gasteiger partial charge in [0.25, 0.3) is 0 Å². The van der Waals surface area contributed by atoms with Crippen molar-refractivity contribution in [2.24, 2.45) is 0 Å². The first-order valence-electron chi connectivity index (χ1n) is 5.49. The fraction of sp³-hybridized carbons (Fsp3) is 1.00. The highest BCUT2D eigenvalue weighted by molar-refractivity contribution is 6.09. The molecule has 0 aromatic heterocycles. The van der Waals surface area contributed by atoms with Gasteiger partial charge in [-0.2, -0.15) is 0 Å². The third-order valence-electron chi connectivity index (χ3n) is 3.06. The van der Waals surface area contributed by atoms with E-state index in [4.69, 9.17) is 23.7 Å². The topological polar surface area (TPSA) is 191 Å². The lowest BCUT2D eigenvalue weighted by molar-refractivity contribution is -0.804. The number of halogens is 2. The molecule has 0 unspecified atom stereocenters. The van der Waals surface area contributed by atoms with E-state index in [0.717, 1.165) is 0 Å². The standard InChI is InChI=1S/C7H10Cl2N4O10/c1-5(10(14)15,11(16)17)3-7(22-8,23-9)4-6(2,12(18)19)13(20)21/h3-4H2,1-2H3. The van der Waals surface area contributed by atoms with Crippen molar-refractivity contribution in [3.63, 3.8) is 0 Å². The molecule has 0 heterocycles. The van der Waals surface area contributed by atoms with Crippen LogP contribution in [0.1, 0.15) is 26.7 Å². The van der Waals surface area contributed by atoms with Crippen molar-refractivity contribution in [2.45, 2.75) is 43.8 Å². The summed E-state index contributed by atoms with van der Waals surface area (Å²) < 4.78 is 8.36. The van der Waals surface area contributed by atoms with Crippen LogP contribution in [-0.4, -0.2) is 36.8 Å². The predicted octanol–water partition coefficient (Wildman–Crippen LogP) is 1.34. The van der Waals surface area contributed by atoms with Gasteiger partial charge in [-0.25, -0.2) is 8.58 Å². The second-order valence-corrected chi connectivity index (χ2v) is 5.19. The maximum Gasteiger partial charge on any atom is 0.461 e. The first kappa shape index (κ1) is 21.1. The van der Waals surface area contributed by atoms with Gasteiger partial charge in [-0.05, 0) is 0 Å². The Labute approximate surface area is 137 Å². The van der Waals surface area contributed by atoms with Gasteiger partial charge >= 0.3 is 11.3 Å². The number of rotatable bonds is 10. The van der Waals surface area contributed by atoms with Gasteiger partial charge in [0.1, 0.15) is 12.8 Å². The first-order valence-corrected chi connectivity index (χ1v) is 6.10. The SMILES string of the molecule is CC(CC(CC(C)([N+](=O)[O-])[N+](=O)[O-])(OCl)OCl)([N+](=O)[O-])[N+](=O)[O-]. The molecule has 0 aliphatic heterocycles. The Morgan fingerprint density at radius 2 is 0.957 bits per heavy atom. The third kappa shape index (κ3) is 4.10. The molecule has 0 aliphatic carbocycles. The number of nitrogens with zero attached hydrogens (tertiary/aromatic N) is 4. The number of hydrogen-bond donors (Lipinski definition) is 0. The molecule has 0 radical (unpaired) electrons. The van der Waals surface area contributed by atoms with Crippen molar-refractivity contribution in [1.29, 1.82) is 0 Å². The second-order valence-electron chi connectivity index (χ2n) is 4.88. The molecule has 0 amide bonds. The Bertz CT molecular complexity index is 453. The van der Waals surface area contributed by atoms with Gasteiger partial charge in [0.05, 0.1) is 57.3 Å². The van der Waals surface area contributed by atoms with Crippen LogP contribution in [0.25, 0.3) is 0 Å². The van der Waals surface area contributed by atoms with Crippen molar-refractivity contribution in [1.82, 2.24) is 0 Å². The van der Waals surface area contributed by atoms with Gasteiger partial charge in [0, 0.05) is 0 Å². The maximum atomic E-state index is 10.9. The Kier molecular flexibility index (Phi) is 6.53. The Morgan fingerprint density at radius 3 is 1.09 bits per heavy atom. The molecule has 0 aliphatic rings. The average Bonchev–Trinajstić information content (AvgIpc) is 2.45. The zero-order chi connectivity index (χ0) is 18.6. The summed E-state index contributed by atoms with van der Waals surface area (Å²) in [5, 5.41) is 43.6. The summed E-state index contributed by atoms with van der Waals surface area (Å²) >= 11 is 10.1. The molecular formula is C7H10Cl2N4O10. The Balaban J connectivity index is 5.94. The predicted molar refractivity (Wildman–Crippen MR) is 70.6 cm³/mol. The minimum absolute atomic E-state index is 0.531. The van der Waals surface area contributed by atoms with E-state index in [0.29, 0.717) is 13.8 Å². The minimum Gasteiger partial charge on any atom is -0.258 e. The smallest absolute Gasteiger partial charge is 0.258 e. The fourth-order valence-electron chi connectivity index (χ4n) is 1.60. The summed E-state index contributed by atoms with van der Waals surface area (Å²) in [5.41, 5.74) is -5.98. The zero-order valence-corrected chi connectivity index (χ0v) is 13.1. The monoisotopic (exact) mass is 380 g/mol. The molecule has 23 heavy (non-hydrogen) atoms. The summed E-state index contributed by atoms with van der Waals surface area (Å²) in [5.74, 6) is -2.76. The highest BCUT2D eigenvalue weighted by Crippen LogP contribution is 2.38. The van der Waals surface area contributed by atoms with Crippen molar-refractivity contribution < 1.29 is 28.3 Å². The summed E-state index contributed by atoms with van der Waals surface area (Å²) in [4.78, 5) is 38.2. The molecule has 0 rings (SSSR count). The minimum atomic E-state index is -2.99. The Hall–Kier alpha value is -1.90. The molecule has 0 saturated heterocycles. The van der Waals surface area contributed by atoms with Gasteiger partial charge in [0.15, 0.2) is 0 Å². The van der Waals surface area contributed by atoms with E-state index >= 15 is 0 Å². The second kappa shape index (κ2) is 7.12. The van der Waals surface area contributed by atoms with Crippen LogP contribution in [0.2, 0.25) is 0 Å². The zero-order valence-electron chi connectivity index (χ0n) is 11.5. The van der Waals surface area contributed by atoms with Crippen molar-refractivity contribution >= 4 is 23.7 Å². The van der Waals surface area contributed by atoms with Gasteiger partial charge in [-0.15, -0.1) is 0 Å². The molecule has 0 aromatic rings. The molecule has 0 atom stereocenters. The molecule has 0 fully saturated rings. The van der Waals surface area contributed by atoms with Crippen LogP contribution in [0.4, 0.5) is 0 Å². The summed E-state index contributed by atoms with van der Waals surface area (Å²) in [6, 6.07) is 0. The fourth-order valence-corrected chi connectivity index (χ4v) is 1.91. The summed E-state index contributed by atoms with van der Waals surface area (Å²) in [6.45, 7) is 1.06. The highest BCUT2D eigenvalue weighted by Gasteiger charge is 2.65. The molecule has 0 saturated carbocycles. The van der Waals surface area contributed by atoms with Crippen LogP contribution in [0, 0.1) is 40.5 Å². The van der Waals surface area contributed by atoms with E-state index in [2.05, 4.69) is 8.58 Å². The van der Waals surface area contributed by atoms with E-state index in [1.807, 2.05) is 0 Å². The van der Waals surface area contributed by atoms with Crippen LogP contribution >= 0.6 is 23.7 Å². The van der Waals surface area contributed by atoms with Crippen LogP contribution in [0.5, 0.6) is 0 Å². The first-order chi connectivity index (χ1) is 10.3. The quantitative estimate of drug-likeness (QED) is 0.303. The molecule has 14 nitrogen and oxygen atoms in total. The van der Waals surface area contributed by atoms with Crippen LogP contribution < -0.4 is 0 Å². The van der Waals surface area contributed by atoms with E-state index in [1.54, 1.807) is 0 Å². The van der Waals surface area contributed by atoms with Crippen molar-refractivity contribution in [3.05, 3.63) is 40.5 Å². The van der Waals surface area contributed by atoms with Gasteiger partial charge in [-0.1, -0.05) is 0 Å². The normalized spacial score (nSPS) is 12.7. The molecule has 0 aromatic carbocycles. The molecule has 132 valence electrons. The van der Waals surface area contributed by atoms with E-state index in [-0.39, 0.29) is 0 Å². The number of hydrogen-bond acceptors (Lipinski definition) is 10. The van der Waals surface area contributed by atoms with Crippen LogP contribution in [-0.2, 0) is 8.58 Å². The largest absolute Gasteiger partial charge is 0.461 e. The van der Waals surface area contributed by atoms with E-state index in [1.165, 1.54) is 0 Å². The van der Waals surface area contributed by atoms with Crippen LogP contribution in [0.3, 0.4) is 0 Å². The third-order valence-corrected chi connectivity index (χ3v) is 3.63. The lowest BCUT2D eigenvalue weighted by atomic mass is 9.93. The lowest BCUT2D eigenvalue weighted by Gasteiger charge is -2.29. The number of nitro groups is 4. The molecule has 0 N–H and O–H groups in total. The molecule has 16 heteroatoms. The summed E-state index contributed by atoms with van der Waals surface area (Å²) in [6.07, 6.45) is -2.69. The van der Waals surface area contributed by atoms with Gasteiger partial charge < -0.3 is 0 Å². The van der Waals surface area contributed by atoms with Crippen molar-refractivity contribution in [3.8, 4) is 0 Å². The van der Waals surface area contributed by atoms with Crippen molar-refractivity contribution in [2.75, 3.05) is 0 Å². The van der Waals surface area contributed by atoms with E-state index in [9.17, 15) is 40.5 Å². The van der Waals surface area contributed by atoms with Gasteiger partial charge in [-0.3, -0.25) is 40.5 Å². The molecule has 0 bridgehead atoms.